The van der Waals surface area contributed by atoms with Crippen LogP contribution in [0.4, 0.5) is 10.5 Å². The number of amides is 2. The number of hydrogen-bond donors (Lipinski definition) is 2. The summed E-state index contributed by atoms with van der Waals surface area (Å²) in [4.78, 5) is 28.8. The number of alkyl carbamates (subject to hydrolysis) is 1. The molecule has 0 bridgehead atoms. The van der Waals surface area contributed by atoms with E-state index in [0.717, 1.165) is 23.3 Å². The van der Waals surface area contributed by atoms with Crippen molar-refractivity contribution in [2.24, 2.45) is 0 Å². The number of carbonyl (C=O) groups is 2. The van der Waals surface area contributed by atoms with Gasteiger partial charge in [0.15, 0.2) is 0 Å². The molecule has 2 N–H and O–H groups in total. The van der Waals surface area contributed by atoms with Gasteiger partial charge in [-0.1, -0.05) is 26.0 Å². The van der Waals surface area contributed by atoms with Gasteiger partial charge in [-0.05, 0) is 51.3 Å². The molecule has 2 amide bonds. The van der Waals surface area contributed by atoms with E-state index in [1.54, 1.807) is 32.9 Å². The van der Waals surface area contributed by atoms with Crippen molar-refractivity contribution in [1.82, 2.24) is 10.3 Å². The highest BCUT2D eigenvalue weighted by Gasteiger charge is 2.26. The summed E-state index contributed by atoms with van der Waals surface area (Å²) in [5.41, 5.74) is 2.05. The molecule has 0 radical (unpaired) electrons. The molecule has 172 valence electrons. The SMILES string of the molecule is CCC1OCc2cccc(Oc3ccc(NC(=O)[C@@H](CC)NC(=O)OC(C)(C)C)cn3)c21. The third kappa shape index (κ3) is 5.97. The molecule has 1 aromatic heterocycles. The maximum atomic E-state index is 12.6. The summed E-state index contributed by atoms with van der Waals surface area (Å²) in [6, 6.07) is 8.55. The quantitative estimate of drug-likeness (QED) is 0.620. The van der Waals surface area contributed by atoms with Crippen LogP contribution in [0, 0.1) is 0 Å². The first-order valence-electron chi connectivity index (χ1n) is 10.9. The van der Waals surface area contributed by atoms with Gasteiger partial charge in [0.1, 0.15) is 17.4 Å². The molecule has 0 fully saturated rings. The number of ether oxygens (including phenoxy) is 3. The fourth-order valence-corrected chi connectivity index (χ4v) is 3.42. The Morgan fingerprint density at radius 2 is 2.00 bits per heavy atom. The molecule has 2 aromatic rings. The van der Waals surface area contributed by atoms with Crippen LogP contribution < -0.4 is 15.4 Å². The van der Waals surface area contributed by atoms with Crippen molar-refractivity contribution in [1.29, 1.82) is 0 Å². The standard InChI is InChI=1S/C24H31N3O5/c1-6-17(27-23(29)32-24(3,4)5)22(28)26-16-11-12-20(25-13-16)31-19-10-8-9-15-14-30-18(7-2)21(15)19/h8-13,17-18H,6-7,14H2,1-5H3,(H,26,28)(H,27,29)/t17-,18?/m1/s1. The summed E-state index contributed by atoms with van der Waals surface area (Å²) < 4.78 is 17.0. The maximum absolute atomic E-state index is 12.6. The van der Waals surface area contributed by atoms with Crippen molar-refractivity contribution in [2.75, 3.05) is 5.32 Å². The van der Waals surface area contributed by atoms with Crippen LogP contribution in [0.15, 0.2) is 36.5 Å². The number of pyridine rings is 1. The summed E-state index contributed by atoms with van der Waals surface area (Å²) in [5, 5.41) is 5.35. The molecular formula is C24H31N3O5. The number of rotatable bonds is 7. The lowest BCUT2D eigenvalue weighted by Crippen LogP contribution is -2.45. The van der Waals surface area contributed by atoms with Crippen LogP contribution in [-0.2, 0) is 20.9 Å². The van der Waals surface area contributed by atoms with Gasteiger partial charge in [-0.2, -0.15) is 0 Å². The van der Waals surface area contributed by atoms with Gasteiger partial charge in [0.2, 0.25) is 11.8 Å². The third-order valence-corrected chi connectivity index (χ3v) is 4.92. The molecule has 1 aliphatic heterocycles. The molecule has 0 saturated heterocycles. The molecule has 3 rings (SSSR count). The fraction of sp³-hybridized carbons (Fsp3) is 0.458. The minimum absolute atomic E-state index is 0.0169. The van der Waals surface area contributed by atoms with Gasteiger partial charge in [0.25, 0.3) is 0 Å². The number of aromatic nitrogens is 1. The van der Waals surface area contributed by atoms with Crippen LogP contribution in [0.2, 0.25) is 0 Å². The Morgan fingerprint density at radius 3 is 2.62 bits per heavy atom. The van der Waals surface area contributed by atoms with E-state index in [1.807, 2.05) is 25.1 Å². The Labute approximate surface area is 188 Å². The molecule has 1 aromatic carbocycles. The second kappa shape index (κ2) is 9.99. The number of nitrogens with zero attached hydrogens (tertiary/aromatic N) is 1. The van der Waals surface area contributed by atoms with Crippen molar-refractivity contribution >= 4 is 17.7 Å². The molecule has 8 nitrogen and oxygen atoms in total. The lowest BCUT2D eigenvalue weighted by molar-refractivity contribution is -0.118. The maximum Gasteiger partial charge on any atom is 0.408 e. The van der Waals surface area contributed by atoms with E-state index in [1.165, 1.54) is 6.20 Å². The minimum Gasteiger partial charge on any atom is -0.444 e. The molecule has 1 aliphatic rings. The number of carbonyl (C=O) groups excluding carboxylic acids is 2. The van der Waals surface area contributed by atoms with E-state index in [2.05, 4.69) is 22.5 Å². The van der Waals surface area contributed by atoms with E-state index in [-0.39, 0.29) is 12.0 Å². The molecule has 0 aliphatic carbocycles. The van der Waals surface area contributed by atoms with Crippen LogP contribution in [0.25, 0.3) is 0 Å². The second-order valence-electron chi connectivity index (χ2n) is 8.62. The van der Waals surface area contributed by atoms with Crippen molar-refractivity contribution in [3.8, 4) is 11.6 Å². The van der Waals surface area contributed by atoms with Crippen molar-refractivity contribution in [3.63, 3.8) is 0 Å². The van der Waals surface area contributed by atoms with Crippen molar-refractivity contribution in [2.45, 2.75) is 71.8 Å². The summed E-state index contributed by atoms with van der Waals surface area (Å²) >= 11 is 0. The zero-order valence-corrected chi connectivity index (χ0v) is 19.2. The van der Waals surface area contributed by atoms with E-state index < -0.39 is 17.7 Å². The van der Waals surface area contributed by atoms with Crippen LogP contribution in [0.3, 0.4) is 0 Å². The van der Waals surface area contributed by atoms with Gasteiger partial charge in [-0.15, -0.1) is 0 Å². The highest BCUT2D eigenvalue weighted by atomic mass is 16.6. The highest BCUT2D eigenvalue weighted by molar-refractivity contribution is 5.96. The van der Waals surface area contributed by atoms with Crippen LogP contribution in [0.1, 0.15) is 64.7 Å². The van der Waals surface area contributed by atoms with Crippen LogP contribution >= 0.6 is 0 Å². The topological polar surface area (TPSA) is 98.8 Å². The fourth-order valence-electron chi connectivity index (χ4n) is 3.42. The van der Waals surface area contributed by atoms with E-state index in [9.17, 15) is 9.59 Å². The average molecular weight is 442 g/mol. The summed E-state index contributed by atoms with van der Waals surface area (Å²) in [7, 11) is 0. The Bertz CT molecular complexity index is 953. The highest BCUT2D eigenvalue weighted by Crippen LogP contribution is 2.40. The Kier molecular flexibility index (Phi) is 7.35. The monoisotopic (exact) mass is 441 g/mol. The number of anilines is 1. The normalized spacial score (nSPS) is 16.1. The predicted molar refractivity (Wildman–Crippen MR) is 121 cm³/mol. The number of nitrogens with one attached hydrogen (secondary N) is 2. The molecule has 8 heteroatoms. The lowest BCUT2D eigenvalue weighted by atomic mass is 10.0. The molecule has 2 atom stereocenters. The predicted octanol–water partition coefficient (Wildman–Crippen LogP) is 5.10. The Balaban J connectivity index is 1.62. The van der Waals surface area contributed by atoms with Crippen LogP contribution in [-0.4, -0.2) is 28.6 Å². The summed E-state index contributed by atoms with van der Waals surface area (Å²) in [5.74, 6) is 0.790. The van der Waals surface area contributed by atoms with Gasteiger partial charge in [-0.25, -0.2) is 9.78 Å². The first-order chi connectivity index (χ1) is 15.2. The summed E-state index contributed by atoms with van der Waals surface area (Å²) in [6.07, 6.45) is 2.18. The molecule has 1 unspecified atom stereocenters. The average Bonchev–Trinajstić information content (AvgIpc) is 3.16. The largest absolute Gasteiger partial charge is 0.444 e. The lowest BCUT2D eigenvalue weighted by Gasteiger charge is -2.22. The third-order valence-electron chi connectivity index (χ3n) is 4.92. The zero-order chi connectivity index (χ0) is 23.3. The number of fused-ring (bicyclic) bond motifs is 1. The zero-order valence-electron chi connectivity index (χ0n) is 19.2. The number of hydrogen-bond acceptors (Lipinski definition) is 6. The Morgan fingerprint density at radius 1 is 1.22 bits per heavy atom. The minimum atomic E-state index is -0.723. The summed E-state index contributed by atoms with van der Waals surface area (Å²) in [6.45, 7) is 9.77. The first-order valence-corrected chi connectivity index (χ1v) is 10.9. The van der Waals surface area contributed by atoms with Gasteiger partial charge in [-0.3, -0.25) is 4.79 Å². The van der Waals surface area contributed by atoms with Gasteiger partial charge in [0.05, 0.1) is 24.6 Å². The van der Waals surface area contributed by atoms with Crippen LogP contribution in [0.5, 0.6) is 11.6 Å². The molecule has 0 spiro atoms. The second-order valence-corrected chi connectivity index (χ2v) is 8.62. The van der Waals surface area contributed by atoms with E-state index in [4.69, 9.17) is 14.2 Å². The smallest absolute Gasteiger partial charge is 0.408 e. The molecule has 0 saturated carbocycles. The molecular weight excluding hydrogens is 410 g/mol. The van der Waals surface area contributed by atoms with Gasteiger partial charge >= 0.3 is 6.09 Å². The first kappa shape index (κ1) is 23.5. The Hall–Kier alpha value is -3.13. The van der Waals surface area contributed by atoms with Crippen molar-refractivity contribution in [3.05, 3.63) is 47.7 Å². The van der Waals surface area contributed by atoms with Crippen molar-refractivity contribution < 1.29 is 23.8 Å². The van der Waals surface area contributed by atoms with E-state index in [0.29, 0.717) is 24.6 Å². The molecule has 32 heavy (non-hydrogen) atoms. The number of benzene rings is 1. The van der Waals surface area contributed by atoms with Gasteiger partial charge < -0.3 is 24.8 Å². The van der Waals surface area contributed by atoms with Gasteiger partial charge in [0, 0.05) is 11.6 Å². The molecule has 2 heterocycles. The van der Waals surface area contributed by atoms with E-state index >= 15 is 0 Å².